The highest BCUT2D eigenvalue weighted by Crippen LogP contribution is 2.25. The van der Waals surface area contributed by atoms with Crippen molar-refractivity contribution in [3.05, 3.63) is 107 Å². The lowest BCUT2D eigenvalue weighted by molar-refractivity contribution is 0.357. The van der Waals surface area contributed by atoms with Gasteiger partial charge in [-0.15, -0.1) is 0 Å². The minimum atomic E-state index is -0.601. The maximum absolute atomic E-state index is 13.0. The van der Waals surface area contributed by atoms with Gasteiger partial charge >= 0.3 is 5.69 Å². The Morgan fingerprint density at radius 3 is 2.09 bits per heavy atom. The third-order valence-electron chi connectivity index (χ3n) is 5.14. The van der Waals surface area contributed by atoms with E-state index in [1.54, 1.807) is 24.3 Å². The van der Waals surface area contributed by atoms with E-state index in [0.717, 1.165) is 21.8 Å². The standard InChI is InChI=1S/C24H22Cl4N2O3/c1-14(7-16-3-5-18(25)20(27)9-16)12-29-22(31)11-23(32)30(24(29)33)13-15(2)8-17-4-6-19(26)21(28)10-17/h3-6,9-11,15,32H,1,7-8,12-13H2,2H3. The highest BCUT2D eigenvalue weighted by molar-refractivity contribution is 6.42. The van der Waals surface area contributed by atoms with Crippen LogP contribution in [0.4, 0.5) is 0 Å². The zero-order valence-corrected chi connectivity index (χ0v) is 20.8. The molecule has 0 saturated heterocycles. The molecule has 33 heavy (non-hydrogen) atoms. The quantitative estimate of drug-likeness (QED) is 0.365. The first kappa shape index (κ1) is 25.4. The number of allylic oxidation sites excluding steroid dienone is 1. The molecular weight excluding hydrogens is 506 g/mol. The van der Waals surface area contributed by atoms with Gasteiger partial charge in [0.1, 0.15) is 0 Å². The Balaban J connectivity index is 1.78. The highest BCUT2D eigenvalue weighted by Gasteiger charge is 2.15. The maximum atomic E-state index is 13.0. The van der Waals surface area contributed by atoms with Crippen molar-refractivity contribution in [2.45, 2.75) is 32.9 Å². The molecule has 2 aromatic carbocycles. The van der Waals surface area contributed by atoms with Crippen molar-refractivity contribution in [1.29, 1.82) is 0 Å². The number of aromatic nitrogens is 2. The lowest BCUT2D eigenvalue weighted by Gasteiger charge is -2.17. The Labute approximate surface area is 211 Å². The van der Waals surface area contributed by atoms with Crippen molar-refractivity contribution in [2.75, 3.05) is 0 Å². The summed E-state index contributed by atoms with van der Waals surface area (Å²) in [6, 6.07) is 11.6. The van der Waals surface area contributed by atoms with Gasteiger partial charge < -0.3 is 5.11 Å². The molecule has 0 aliphatic heterocycles. The van der Waals surface area contributed by atoms with Crippen molar-refractivity contribution in [1.82, 2.24) is 9.13 Å². The lowest BCUT2D eigenvalue weighted by atomic mass is 10.0. The first-order valence-corrected chi connectivity index (χ1v) is 11.6. The summed E-state index contributed by atoms with van der Waals surface area (Å²) < 4.78 is 2.25. The van der Waals surface area contributed by atoms with E-state index in [-0.39, 0.29) is 24.9 Å². The average Bonchev–Trinajstić information content (AvgIpc) is 2.74. The van der Waals surface area contributed by atoms with Crippen LogP contribution >= 0.6 is 46.4 Å². The molecule has 0 saturated carbocycles. The average molecular weight is 528 g/mol. The molecule has 0 fully saturated rings. The van der Waals surface area contributed by atoms with Gasteiger partial charge in [-0.2, -0.15) is 0 Å². The summed E-state index contributed by atoms with van der Waals surface area (Å²) in [6.07, 6.45) is 1.02. The first-order valence-electron chi connectivity index (χ1n) is 10.1. The highest BCUT2D eigenvalue weighted by atomic mass is 35.5. The van der Waals surface area contributed by atoms with Crippen molar-refractivity contribution in [2.24, 2.45) is 5.92 Å². The van der Waals surface area contributed by atoms with Crippen LogP contribution in [0.3, 0.4) is 0 Å². The van der Waals surface area contributed by atoms with E-state index in [9.17, 15) is 14.7 Å². The fourth-order valence-corrected chi connectivity index (χ4v) is 4.23. The maximum Gasteiger partial charge on any atom is 0.334 e. The van der Waals surface area contributed by atoms with Crippen LogP contribution in [-0.4, -0.2) is 14.2 Å². The third-order valence-corrected chi connectivity index (χ3v) is 6.62. The fourth-order valence-electron chi connectivity index (χ4n) is 3.58. The Morgan fingerprint density at radius 2 is 1.48 bits per heavy atom. The van der Waals surface area contributed by atoms with Crippen LogP contribution in [0.2, 0.25) is 20.1 Å². The van der Waals surface area contributed by atoms with Gasteiger partial charge in [0, 0.05) is 6.54 Å². The number of hydrogen-bond donors (Lipinski definition) is 1. The van der Waals surface area contributed by atoms with Gasteiger partial charge in [-0.3, -0.25) is 13.9 Å². The predicted octanol–water partition coefficient (Wildman–Crippen LogP) is 6.01. The summed E-state index contributed by atoms with van der Waals surface area (Å²) in [6.45, 7) is 6.16. The number of rotatable bonds is 8. The SMILES string of the molecule is C=C(Cc1ccc(Cl)c(Cl)c1)Cn1c(=O)cc(O)n(CC(C)Cc2ccc(Cl)c(Cl)c2)c1=O. The summed E-state index contributed by atoms with van der Waals surface area (Å²) in [4.78, 5) is 25.5. The van der Waals surface area contributed by atoms with E-state index < -0.39 is 11.2 Å². The van der Waals surface area contributed by atoms with Crippen LogP contribution in [0.25, 0.3) is 0 Å². The lowest BCUT2D eigenvalue weighted by Crippen LogP contribution is -2.40. The first-order chi connectivity index (χ1) is 15.5. The van der Waals surface area contributed by atoms with E-state index in [2.05, 4.69) is 6.58 Å². The molecule has 3 aromatic rings. The van der Waals surface area contributed by atoms with E-state index in [1.807, 2.05) is 19.1 Å². The Morgan fingerprint density at radius 1 is 0.909 bits per heavy atom. The number of hydrogen-bond acceptors (Lipinski definition) is 3. The number of nitrogens with zero attached hydrogens (tertiary/aromatic N) is 2. The van der Waals surface area contributed by atoms with Crippen molar-refractivity contribution in [3.8, 4) is 5.88 Å². The van der Waals surface area contributed by atoms with E-state index in [1.165, 1.54) is 4.57 Å². The molecule has 0 amide bonds. The van der Waals surface area contributed by atoms with Crippen molar-refractivity contribution < 1.29 is 5.11 Å². The Hall–Kier alpha value is -2.18. The molecule has 1 N–H and O–H groups in total. The minimum Gasteiger partial charge on any atom is -0.494 e. The number of halogens is 4. The van der Waals surface area contributed by atoms with Gasteiger partial charge in [0.05, 0.1) is 32.7 Å². The monoisotopic (exact) mass is 526 g/mol. The van der Waals surface area contributed by atoms with Gasteiger partial charge in [0.25, 0.3) is 5.56 Å². The Kier molecular flexibility index (Phi) is 8.35. The normalized spacial score (nSPS) is 12.0. The molecule has 1 unspecified atom stereocenters. The van der Waals surface area contributed by atoms with Gasteiger partial charge in [-0.1, -0.05) is 77.6 Å². The molecule has 1 aromatic heterocycles. The molecule has 1 atom stereocenters. The van der Waals surface area contributed by atoms with Crippen LogP contribution in [0.1, 0.15) is 18.1 Å². The molecular formula is C24H22Cl4N2O3. The second-order valence-electron chi connectivity index (χ2n) is 8.05. The summed E-state index contributed by atoms with van der Waals surface area (Å²) in [5.41, 5.74) is 1.25. The zero-order chi connectivity index (χ0) is 24.3. The van der Waals surface area contributed by atoms with Crippen molar-refractivity contribution >= 4 is 46.4 Å². The second-order valence-corrected chi connectivity index (χ2v) is 9.68. The van der Waals surface area contributed by atoms with Crippen LogP contribution < -0.4 is 11.2 Å². The summed E-state index contributed by atoms with van der Waals surface area (Å²) in [5, 5.41) is 12.1. The van der Waals surface area contributed by atoms with Crippen LogP contribution in [-0.2, 0) is 25.9 Å². The Bertz CT molecular complexity index is 1310. The van der Waals surface area contributed by atoms with Crippen LogP contribution in [0, 0.1) is 5.92 Å². The van der Waals surface area contributed by atoms with Crippen molar-refractivity contribution in [3.63, 3.8) is 0 Å². The second kappa shape index (κ2) is 10.8. The molecule has 5 nitrogen and oxygen atoms in total. The topological polar surface area (TPSA) is 64.2 Å². The molecule has 9 heteroatoms. The van der Waals surface area contributed by atoms with Gasteiger partial charge in [0.15, 0.2) is 0 Å². The molecule has 3 rings (SSSR count). The number of benzene rings is 2. The summed E-state index contributed by atoms with van der Waals surface area (Å²) in [7, 11) is 0. The van der Waals surface area contributed by atoms with Crippen LogP contribution in [0.5, 0.6) is 5.88 Å². The molecule has 1 heterocycles. The predicted molar refractivity (Wildman–Crippen MR) is 135 cm³/mol. The van der Waals surface area contributed by atoms with E-state index in [0.29, 0.717) is 38.5 Å². The zero-order valence-electron chi connectivity index (χ0n) is 17.8. The van der Waals surface area contributed by atoms with Gasteiger partial charge in [-0.25, -0.2) is 4.79 Å². The number of aromatic hydroxyl groups is 1. The smallest absolute Gasteiger partial charge is 0.334 e. The molecule has 0 radical (unpaired) electrons. The molecule has 0 aliphatic carbocycles. The van der Waals surface area contributed by atoms with Gasteiger partial charge in [0.2, 0.25) is 5.88 Å². The third kappa shape index (κ3) is 6.45. The molecule has 0 spiro atoms. The molecule has 0 aliphatic rings. The van der Waals surface area contributed by atoms with E-state index in [4.69, 9.17) is 46.4 Å². The summed E-state index contributed by atoms with van der Waals surface area (Å²) >= 11 is 24.1. The van der Waals surface area contributed by atoms with Gasteiger partial charge in [-0.05, 0) is 54.2 Å². The minimum absolute atomic E-state index is 0.0133. The summed E-state index contributed by atoms with van der Waals surface area (Å²) in [5.74, 6) is -0.409. The van der Waals surface area contributed by atoms with E-state index >= 15 is 0 Å². The van der Waals surface area contributed by atoms with Crippen LogP contribution in [0.15, 0.2) is 64.2 Å². The fraction of sp³-hybridized carbons (Fsp3) is 0.250. The largest absolute Gasteiger partial charge is 0.494 e. The molecule has 0 bridgehead atoms. The molecule has 174 valence electrons.